The van der Waals surface area contributed by atoms with Crippen molar-refractivity contribution >= 4 is 11.7 Å². The van der Waals surface area contributed by atoms with Gasteiger partial charge in [-0.15, -0.1) is 0 Å². The number of primary amides is 1. The number of aryl methyl sites for hydroxylation is 1. The molecule has 1 saturated carbocycles. The molecule has 0 saturated heterocycles. The summed E-state index contributed by atoms with van der Waals surface area (Å²) in [6.45, 7) is 2.06. The Morgan fingerprint density at radius 3 is 2.77 bits per heavy atom. The lowest BCUT2D eigenvalue weighted by Gasteiger charge is -2.30. The second kappa shape index (κ2) is 6.17. The summed E-state index contributed by atoms with van der Waals surface area (Å²) in [6.07, 6.45) is 9.86. The van der Waals surface area contributed by atoms with Gasteiger partial charge < -0.3 is 11.1 Å². The lowest BCUT2D eigenvalue weighted by Crippen LogP contribution is -2.29. The Balaban J connectivity index is 1.62. The highest BCUT2D eigenvalue weighted by Gasteiger charge is 2.23. The maximum absolute atomic E-state index is 11.4. The van der Waals surface area contributed by atoms with Crippen molar-refractivity contribution in [2.24, 2.45) is 5.73 Å². The molecule has 0 spiro atoms. The molecule has 0 bridgehead atoms. The van der Waals surface area contributed by atoms with E-state index in [0.29, 0.717) is 23.5 Å². The molecule has 2 heterocycles. The van der Waals surface area contributed by atoms with Crippen LogP contribution in [-0.2, 0) is 0 Å². The zero-order chi connectivity index (χ0) is 15.5. The van der Waals surface area contributed by atoms with Crippen LogP contribution in [0.4, 0.5) is 5.82 Å². The van der Waals surface area contributed by atoms with Crippen molar-refractivity contribution in [3.05, 3.63) is 41.9 Å². The molecule has 0 aliphatic heterocycles. The molecule has 0 atom stereocenters. The number of aromatic nitrogens is 3. The number of hydrogen-bond donors (Lipinski definition) is 2. The Morgan fingerprint density at radius 2 is 2.14 bits per heavy atom. The van der Waals surface area contributed by atoms with Crippen molar-refractivity contribution in [3.63, 3.8) is 0 Å². The summed E-state index contributed by atoms with van der Waals surface area (Å²) in [5, 5.41) is 7.77. The minimum absolute atomic E-state index is 0.320. The third-order valence-electron chi connectivity index (χ3n) is 4.22. The summed E-state index contributed by atoms with van der Waals surface area (Å²) in [5.41, 5.74) is 7.04. The summed E-state index contributed by atoms with van der Waals surface area (Å²) in [5.74, 6) is 0.143. The van der Waals surface area contributed by atoms with Gasteiger partial charge in [-0.05, 0) is 50.3 Å². The number of carbonyl (C=O) groups is 1. The average Bonchev–Trinajstić information content (AvgIpc) is 2.95. The SMILES string of the molecule is Cc1cnn(C2CCC(Nc3ncccc3C(N)=O)CC2)c1. The van der Waals surface area contributed by atoms with Crippen LogP contribution in [0.2, 0.25) is 0 Å². The molecule has 1 amide bonds. The van der Waals surface area contributed by atoms with E-state index in [2.05, 4.69) is 33.2 Å². The summed E-state index contributed by atoms with van der Waals surface area (Å²) in [7, 11) is 0. The molecule has 1 aliphatic rings. The van der Waals surface area contributed by atoms with Gasteiger partial charge in [0, 0.05) is 18.4 Å². The predicted molar refractivity (Wildman–Crippen MR) is 84.6 cm³/mol. The third kappa shape index (κ3) is 3.10. The first-order valence-electron chi connectivity index (χ1n) is 7.65. The number of pyridine rings is 1. The number of nitrogens with one attached hydrogen (secondary N) is 1. The lowest BCUT2D eigenvalue weighted by atomic mass is 9.91. The largest absolute Gasteiger partial charge is 0.367 e. The van der Waals surface area contributed by atoms with E-state index in [1.807, 2.05) is 6.20 Å². The summed E-state index contributed by atoms with van der Waals surface area (Å²) < 4.78 is 2.07. The maximum atomic E-state index is 11.4. The van der Waals surface area contributed by atoms with Gasteiger partial charge in [0.25, 0.3) is 5.91 Å². The van der Waals surface area contributed by atoms with E-state index < -0.39 is 5.91 Å². The van der Waals surface area contributed by atoms with Gasteiger partial charge in [-0.3, -0.25) is 9.48 Å². The molecule has 1 aliphatic carbocycles. The van der Waals surface area contributed by atoms with Crippen LogP contribution >= 0.6 is 0 Å². The fourth-order valence-corrected chi connectivity index (χ4v) is 3.03. The summed E-state index contributed by atoms with van der Waals surface area (Å²) in [4.78, 5) is 15.7. The van der Waals surface area contributed by atoms with E-state index >= 15 is 0 Å². The van der Waals surface area contributed by atoms with Crippen LogP contribution in [0, 0.1) is 6.92 Å². The van der Waals surface area contributed by atoms with Crippen LogP contribution in [-0.4, -0.2) is 26.7 Å². The smallest absolute Gasteiger partial charge is 0.252 e. The molecule has 6 heteroatoms. The quantitative estimate of drug-likeness (QED) is 0.907. The summed E-state index contributed by atoms with van der Waals surface area (Å²) in [6, 6.07) is 4.21. The van der Waals surface area contributed by atoms with Gasteiger partial charge in [-0.25, -0.2) is 4.98 Å². The zero-order valence-electron chi connectivity index (χ0n) is 12.7. The zero-order valence-corrected chi connectivity index (χ0v) is 12.7. The Morgan fingerprint density at radius 1 is 1.36 bits per heavy atom. The molecule has 6 nitrogen and oxygen atoms in total. The van der Waals surface area contributed by atoms with Gasteiger partial charge >= 0.3 is 0 Å². The molecule has 0 radical (unpaired) electrons. The van der Waals surface area contributed by atoms with Crippen molar-refractivity contribution in [2.75, 3.05) is 5.32 Å². The molecule has 0 unspecified atom stereocenters. The van der Waals surface area contributed by atoms with Crippen LogP contribution in [0.15, 0.2) is 30.7 Å². The summed E-state index contributed by atoms with van der Waals surface area (Å²) >= 11 is 0. The van der Waals surface area contributed by atoms with Crippen molar-refractivity contribution in [2.45, 2.75) is 44.7 Å². The van der Waals surface area contributed by atoms with Gasteiger partial charge in [-0.1, -0.05) is 0 Å². The second-order valence-electron chi connectivity index (χ2n) is 5.91. The molecule has 2 aromatic rings. The molecule has 2 aromatic heterocycles. The first-order valence-corrected chi connectivity index (χ1v) is 7.65. The Labute approximate surface area is 129 Å². The Bertz CT molecular complexity index is 658. The average molecular weight is 299 g/mol. The van der Waals surface area contributed by atoms with Crippen molar-refractivity contribution in [3.8, 4) is 0 Å². The predicted octanol–water partition coefficient (Wildman–Crippen LogP) is 2.28. The molecular formula is C16H21N5O. The van der Waals surface area contributed by atoms with Crippen molar-refractivity contribution in [1.29, 1.82) is 0 Å². The number of nitrogens with two attached hydrogens (primary N) is 1. The molecular weight excluding hydrogens is 278 g/mol. The van der Waals surface area contributed by atoms with Crippen LogP contribution in [0.5, 0.6) is 0 Å². The molecule has 116 valence electrons. The van der Waals surface area contributed by atoms with Crippen LogP contribution in [0.3, 0.4) is 0 Å². The minimum Gasteiger partial charge on any atom is -0.367 e. The first-order chi connectivity index (χ1) is 10.6. The van der Waals surface area contributed by atoms with Gasteiger partial charge in [0.2, 0.25) is 0 Å². The number of amides is 1. The molecule has 0 aromatic carbocycles. The minimum atomic E-state index is -0.448. The lowest BCUT2D eigenvalue weighted by molar-refractivity contribution is 0.100. The van der Waals surface area contributed by atoms with Crippen LogP contribution in [0.1, 0.15) is 47.6 Å². The highest BCUT2D eigenvalue weighted by molar-refractivity contribution is 5.97. The number of carbonyl (C=O) groups excluding carboxylic acids is 1. The number of rotatable bonds is 4. The standard InChI is InChI=1S/C16H21N5O/c1-11-9-19-21(10-11)13-6-4-12(5-7-13)20-16-14(15(17)22)3-2-8-18-16/h2-3,8-10,12-13H,4-7H2,1H3,(H2,17,22)(H,18,20). The van der Waals surface area contributed by atoms with E-state index in [9.17, 15) is 4.79 Å². The van der Waals surface area contributed by atoms with E-state index in [1.165, 1.54) is 5.56 Å². The fourth-order valence-electron chi connectivity index (χ4n) is 3.03. The Hall–Kier alpha value is -2.37. The molecule has 3 N–H and O–H groups in total. The van der Waals surface area contributed by atoms with E-state index in [1.54, 1.807) is 18.3 Å². The molecule has 22 heavy (non-hydrogen) atoms. The van der Waals surface area contributed by atoms with Gasteiger partial charge in [0.1, 0.15) is 5.82 Å². The highest BCUT2D eigenvalue weighted by atomic mass is 16.1. The number of anilines is 1. The molecule has 1 fully saturated rings. The number of hydrogen-bond acceptors (Lipinski definition) is 4. The first kappa shape index (κ1) is 14.6. The van der Waals surface area contributed by atoms with Gasteiger partial charge in [0.05, 0.1) is 17.8 Å². The van der Waals surface area contributed by atoms with E-state index in [0.717, 1.165) is 25.7 Å². The second-order valence-corrected chi connectivity index (χ2v) is 5.91. The Kier molecular flexibility index (Phi) is 4.09. The monoisotopic (exact) mass is 299 g/mol. The van der Waals surface area contributed by atoms with E-state index in [-0.39, 0.29) is 0 Å². The number of nitrogens with zero attached hydrogens (tertiary/aromatic N) is 3. The van der Waals surface area contributed by atoms with E-state index in [4.69, 9.17) is 5.73 Å². The normalized spacial score (nSPS) is 21.5. The van der Waals surface area contributed by atoms with Crippen LogP contribution < -0.4 is 11.1 Å². The third-order valence-corrected chi connectivity index (χ3v) is 4.22. The van der Waals surface area contributed by atoms with Gasteiger partial charge in [0.15, 0.2) is 0 Å². The van der Waals surface area contributed by atoms with Crippen LogP contribution in [0.25, 0.3) is 0 Å². The van der Waals surface area contributed by atoms with Crippen molar-refractivity contribution in [1.82, 2.24) is 14.8 Å². The highest BCUT2D eigenvalue weighted by Crippen LogP contribution is 2.30. The fraction of sp³-hybridized carbons (Fsp3) is 0.438. The van der Waals surface area contributed by atoms with Gasteiger partial charge in [-0.2, -0.15) is 5.10 Å². The van der Waals surface area contributed by atoms with Crippen molar-refractivity contribution < 1.29 is 4.79 Å². The topological polar surface area (TPSA) is 85.8 Å². The molecule has 3 rings (SSSR count). The maximum Gasteiger partial charge on any atom is 0.252 e.